The molecule has 0 spiro atoms. The van der Waals surface area contributed by atoms with E-state index in [2.05, 4.69) is 10.2 Å². The van der Waals surface area contributed by atoms with Crippen molar-refractivity contribution in [3.8, 4) is 0 Å². The van der Waals surface area contributed by atoms with Crippen LogP contribution in [0.3, 0.4) is 0 Å². The highest BCUT2D eigenvalue weighted by Gasteiger charge is 2.49. The molecule has 0 aliphatic carbocycles. The molecule has 0 aromatic heterocycles. The van der Waals surface area contributed by atoms with Crippen LogP contribution in [-0.2, 0) is 0 Å². The van der Waals surface area contributed by atoms with Crippen LogP contribution < -0.4 is 5.32 Å². The number of aliphatic hydroxyl groups is 2. The first-order valence-electron chi connectivity index (χ1n) is 4.49. The lowest BCUT2D eigenvalue weighted by molar-refractivity contribution is -0.0136. The fourth-order valence-electron chi connectivity index (χ4n) is 2.40. The van der Waals surface area contributed by atoms with Crippen LogP contribution in [0.2, 0.25) is 0 Å². The highest BCUT2D eigenvalue weighted by atomic mass is 16.3. The molecule has 2 aliphatic rings. The van der Waals surface area contributed by atoms with Crippen molar-refractivity contribution in [2.24, 2.45) is 0 Å². The largest absolute Gasteiger partial charge is 0.392 e. The van der Waals surface area contributed by atoms with E-state index >= 15 is 0 Å². The minimum atomic E-state index is -0.766. The Labute approximate surface area is 72.2 Å². The van der Waals surface area contributed by atoms with Gasteiger partial charge in [-0.15, -0.1) is 0 Å². The SMILES string of the molecule is CNC1(O)CCN2CC(O)CC21. The second-order valence-corrected chi connectivity index (χ2v) is 3.82. The molecular formula is C8H16N2O2. The molecule has 0 amide bonds. The molecular weight excluding hydrogens is 156 g/mol. The molecule has 0 bridgehead atoms. The Morgan fingerprint density at radius 3 is 3.00 bits per heavy atom. The fourth-order valence-corrected chi connectivity index (χ4v) is 2.40. The zero-order chi connectivity index (χ0) is 8.77. The van der Waals surface area contributed by atoms with Gasteiger partial charge in [0.1, 0.15) is 5.72 Å². The van der Waals surface area contributed by atoms with E-state index in [1.54, 1.807) is 7.05 Å². The maximum atomic E-state index is 10.0. The number of aliphatic hydroxyl groups excluding tert-OH is 1. The van der Waals surface area contributed by atoms with Crippen LogP contribution in [0.1, 0.15) is 12.8 Å². The van der Waals surface area contributed by atoms with Gasteiger partial charge in [0.05, 0.1) is 12.1 Å². The van der Waals surface area contributed by atoms with E-state index in [4.69, 9.17) is 0 Å². The van der Waals surface area contributed by atoms with Gasteiger partial charge in [-0.3, -0.25) is 10.2 Å². The summed E-state index contributed by atoms with van der Waals surface area (Å²) in [6.07, 6.45) is 1.20. The highest BCUT2D eigenvalue weighted by molar-refractivity contribution is 5.02. The predicted octanol–water partition coefficient (Wildman–Crippen LogP) is -1.27. The Bertz CT molecular complexity index is 188. The first kappa shape index (κ1) is 8.44. The monoisotopic (exact) mass is 172 g/mol. The molecule has 0 aromatic carbocycles. The lowest BCUT2D eigenvalue weighted by atomic mass is 10.0. The second kappa shape index (κ2) is 2.67. The molecule has 2 aliphatic heterocycles. The molecule has 0 saturated carbocycles. The topological polar surface area (TPSA) is 55.7 Å². The Hall–Kier alpha value is -0.160. The number of likely N-dealkylation sites (N-methyl/N-ethyl adjacent to an activating group) is 1. The van der Waals surface area contributed by atoms with Crippen molar-refractivity contribution < 1.29 is 10.2 Å². The summed E-state index contributed by atoms with van der Waals surface area (Å²) in [5.74, 6) is 0. The zero-order valence-corrected chi connectivity index (χ0v) is 7.32. The Kier molecular flexibility index (Phi) is 1.88. The van der Waals surface area contributed by atoms with E-state index in [1.165, 1.54) is 0 Å². The number of nitrogens with zero attached hydrogens (tertiary/aromatic N) is 1. The van der Waals surface area contributed by atoms with Crippen molar-refractivity contribution in [3.05, 3.63) is 0 Å². The van der Waals surface area contributed by atoms with Gasteiger partial charge in [0.25, 0.3) is 0 Å². The van der Waals surface area contributed by atoms with Crippen LogP contribution in [0.15, 0.2) is 0 Å². The summed E-state index contributed by atoms with van der Waals surface area (Å²) >= 11 is 0. The van der Waals surface area contributed by atoms with Gasteiger partial charge in [0.15, 0.2) is 0 Å². The predicted molar refractivity (Wildman–Crippen MR) is 44.6 cm³/mol. The summed E-state index contributed by atoms with van der Waals surface area (Å²) in [4.78, 5) is 2.15. The summed E-state index contributed by atoms with van der Waals surface area (Å²) in [5, 5.41) is 22.3. The molecule has 2 saturated heterocycles. The molecule has 0 radical (unpaired) electrons. The van der Waals surface area contributed by atoms with Gasteiger partial charge in [-0.05, 0) is 13.5 Å². The van der Waals surface area contributed by atoms with E-state index in [0.29, 0.717) is 13.0 Å². The minimum absolute atomic E-state index is 0.109. The van der Waals surface area contributed by atoms with Gasteiger partial charge in [0, 0.05) is 19.5 Å². The molecule has 2 rings (SSSR count). The maximum absolute atomic E-state index is 10.0. The van der Waals surface area contributed by atoms with Crippen LogP contribution in [0, 0.1) is 0 Å². The Morgan fingerprint density at radius 2 is 2.33 bits per heavy atom. The van der Waals surface area contributed by atoms with Crippen molar-refractivity contribution >= 4 is 0 Å². The van der Waals surface area contributed by atoms with Crippen molar-refractivity contribution in [1.82, 2.24) is 10.2 Å². The average molecular weight is 172 g/mol. The third kappa shape index (κ3) is 1.07. The summed E-state index contributed by atoms with van der Waals surface area (Å²) < 4.78 is 0. The van der Waals surface area contributed by atoms with Gasteiger partial charge >= 0.3 is 0 Å². The van der Waals surface area contributed by atoms with Gasteiger partial charge in [-0.1, -0.05) is 0 Å². The first-order valence-corrected chi connectivity index (χ1v) is 4.49. The van der Waals surface area contributed by atoms with Gasteiger partial charge in [0.2, 0.25) is 0 Å². The smallest absolute Gasteiger partial charge is 0.132 e. The fraction of sp³-hybridized carbons (Fsp3) is 1.00. The molecule has 3 unspecified atom stereocenters. The quantitative estimate of drug-likeness (QED) is 0.432. The van der Waals surface area contributed by atoms with Crippen molar-refractivity contribution in [2.75, 3.05) is 20.1 Å². The second-order valence-electron chi connectivity index (χ2n) is 3.82. The van der Waals surface area contributed by atoms with Crippen molar-refractivity contribution in [2.45, 2.75) is 30.7 Å². The summed E-state index contributed by atoms with van der Waals surface area (Å²) in [7, 11) is 1.77. The third-order valence-electron chi connectivity index (χ3n) is 3.15. The van der Waals surface area contributed by atoms with E-state index < -0.39 is 5.72 Å². The molecule has 3 N–H and O–H groups in total. The summed E-state index contributed by atoms with van der Waals surface area (Å²) in [6, 6.07) is 0.109. The molecule has 2 heterocycles. The molecule has 0 aromatic rings. The number of rotatable bonds is 1. The van der Waals surface area contributed by atoms with Crippen LogP contribution in [-0.4, -0.2) is 53.1 Å². The molecule has 4 heteroatoms. The zero-order valence-electron chi connectivity index (χ0n) is 7.32. The van der Waals surface area contributed by atoms with Gasteiger partial charge in [-0.25, -0.2) is 0 Å². The summed E-state index contributed by atoms with van der Waals surface area (Å²) in [5.41, 5.74) is -0.766. The molecule has 3 atom stereocenters. The van der Waals surface area contributed by atoms with Crippen LogP contribution >= 0.6 is 0 Å². The molecule has 12 heavy (non-hydrogen) atoms. The number of hydrogen-bond acceptors (Lipinski definition) is 4. The van der Waals surface area contributed by atoms with E-state index in [0.717, 1.165) is 13.0 Å². The standard InChI is InChI=1S/C8H16N2O2/c1-9-8(12)2-3-10-5-6(11)4-7(8)10/h6-7,9,11-12H,2-5H2,1H3. The maximum Gasteiger partial charge on any atom is 0.132 e. The normalized spacial score (nSPS) is 48.2. The number of nitrogens with one attached hydrogen (secondary N) is 1. The average Bonchev–Trinajstić information content (AvgIpc) is 2.53. The number of fused-ring (bicyclic) bond motifs is 1. The van der Waals surface area contributed by atoms with E-state index in [-0.39, 0.29) is 12.1 Å². The van der Waals surface area contributed by atoms with Gasteiger partial charge in [-0.2, -0.15) is 0 Å². The molecule has 70 valence electrons. The van der Waals surface area contributed by atoms with Crippen LogP contribution in [0.5, 0.6) is 0 Å². The van der Waals surface area contributed by atoms with Crippen LogP contribution in [0.4, 0.5) is 0 Å². The van der Waals surface area contributed by atoms with E-state index in [1.807, 2.05) is 0 Å². The van der Waals surface area contributed by atoms with E-state index in [9.17, 15) is 10.2 Å². The third-order valence-corrected chi connectivity index (χ3v) is 3.15. The Morgan fingerprint density at radius 1 is 1.58 bits per heavy atom. The minimum Gasteiger partial charge on any atom is -0.392 e. The van der Waals surface area contributed by atoms with Gasteiger partial charge < -0.3 is 10.2 Å². The number of hydrogen-bond donors (Lipinski definition) is 3. The lowest BCUT2D eigenvalue weighted by Crippen LogP contribution is -2.51. The van der Waals surface area contributed by atoms with Crippen LogP contribution in [0.25, 0.3) is 0 Å². The molecule has 2 fully saturated rings. The molecule has 4 nitrogen and oxygen atoms in total. The highest BCUT2D eigenvalue weighted by Crippen LogP contribution is 2.33. The summed E-state index contributed by atoms with van der Waals surface area (Å²) in [6.45, 7) is 1.60. The van der Waals surface area contributed by atoms with Crippen molar-refractivity contribution in [3.63, 3.8) is 0 Å². The lowest BCUT2D eigenvalue weighted by Gasteiger charge is -2.28. The Balaban J connectivity index is 2.13. The van der Waals surface area contributed by atoms with Crippen molar-refractivity contribution in [1.29, 1.82) is 0 Å². The first-order chi connectivity index (χ1) is 5.65.